The Balaban J connectivity index is 1.88. The largest absolute Gasteiger partial charge is 0.354 e. The molecule has 1 aliphatic heterocycles. The van der Waals surface area contributed by atoms with E-state index in [9.17, 15) is 9.59 Å². The zero-order valence-electron chi connectivity index (χ0n) is 16.9. The second-order valence-electron chi connectivity index (χ2n) is 7.72. The van der Waals surface area contributed by atoms with Crippen LogP contribution < -0.4 is 11.1 Å². The van der Waals surface area contributed by atoms with Crippen LogP contribution in [-0.4, -0.2) is 57.2 Å². The molecule has 1 saturated heterocycles. The number of hydrogen-bond donors (Lipinski definition) is 2. The fraction of sp³-hybridized carbons (Fsp3) is 0.600. The van der Waals surface area contributed by atoms with Gasteiger partial charge in [-0.1, -0.05) is 0 Å². The van der Waals surface area contributed by atoms with Crippen LogP contribution in [0.15, 0.2) is 12.3 Å². The molecule has 1 fully saturated rings. The van der Waals surface area contributed by atoms with E-state index in [2.05, 4.69) is 15.4 Å². The van der Waals surface area contributed by atoms with E-state index in [4.69, 9.17) is 5.73 Å². The van der Waals surface area contributed by atoms with E-state index in [0.717, 1.165) is 36.0 Å². The van der Waals surface area contributed by atoms with Gasteiger partial charge in [0.15, 0.2) is 5.65 Å². The van der Waals surface area contributed by atoms with Crippen LogP contribution in [0.5, 0.6) is 0 Å². The number of nitrogens with one attached hydrogen (secondary N) is 1. The molecule has 0 aliphatic carbocycles. The summed E-state index contributed by atoms with van der Waals surface area (Å²) < 4.78 is 1.85. The Hall–Kier alpha value is -2.48. The van der Waals surface area contributed by atoms with Crippen LogP contribution in [0.3, 0.4) is 0 Å². The summed E-state index contributed by atoms with van der Waals surface area (Å²) in [7, 11) is 0. The molecule has 0 bridgehead atoms. The molecule has 28 heavy (non-hydrogen) atoms. The van der Waals surface area contributed by atoms with Crippen molar-refractivity contribution in [1.82, 2.24) is 25.0 Å². The number of aromatic nitrogens is 3. The molecule has 1 atom stereocenters. The minimum Gasteiger partial charge on any atom is -0.354 e. The molecule has 1 unspecified atom stereocenters. The molecule has 8 heteroatoms. The lowest BCUT2D eigenvalue weighted by Gasteiger charge is -2.36. The normalized spacial score (nSPS) is 17.3. The molecular formula is C20H30N6O2. The fourth-order valence-corrected chi connectivity index (χ4v) is 3.78. The summed E-state index contributed by atoms with van der Waals surface area (Å²) in [6, 6.07) is 2.00. The second kappa shape index (κ2) is 8.68. The molecule has 1 aliphatic rings. The zero-order valence-corrected chi connectivity index (χ0v) is 16.9. The first kappa shape index (κ1) is 20.3. The van der Waals surface area contributed by atoms with Crippen molar-refractivity contribution in [1.29, 1.82) is 0 Å². The van der Waals surface area contributed by atoms with Crippen molar-refractivity contribution >= 4 is 22.8 Å². The summed E-state index contributed by atoms with van der Waals surface area (Å²) >= 11 is 0. The van der Waals surface area contributed by atoms with Crippen LogP contribution in [0.2, 0.25) is 0 Å². The second-order valence-corrected chi connectivity index (χ2v) is 7.72. The number of amides is 2. The maximum Gasteiger partial charge on any atom is 0.255 e. The van der Waals surface area contributed by atoms with Gasteiger partial charge in [0.2, 0.25) is 5.91 Å². The highest BCUT2D eigenvalue weighted by Crippen LogP contribution is 2.25. The monoisotopic (exact) mass is 386 g/mol. The number of piperidine rings is 1. The quantitative estimate of drug-likeness (QED) is 0.787. The molecule has 8 nitrogen and oxygen atoms in total. The molecular weight excluding hydrogens is 356 g/mol. The molecule has 0 saturated carbocycles. The third-order valence-corrected chi connectivity index (χ3v) is 5.21. The Morgan fingerprint density at radius 1 is 1.36 bits per heavy atom. The number of likely N-dealkylation sites (tertiary alicyclic amines) is 1. The van der Waals surface area contributed by atoms with E-state index < -0.39 is 0 Å². The number of hydrogen-bond acceptors (Lipinski definition) is 5. The van der Waals surface area contributed by atoms with Crippen LogP contribution in [0.1, 0.15) is 61.6 Å². The highest BCUT2D eigenvalue weighted by atomic mass is 16.2. The van der Waals surface area contributed by atoms with Crippen molar-refractivity contribution in [2.45, 2.75) is 58.5 Å². The molecule has 2 aromatic rings. The lowest BCUT2D eigenvalue weighted by molar-refractivity contribution is -0.121. The highest BCUT2D eigenvalue weighted by Gasteiger charge is 2.29. The van der Waals surface area contributed by atoms with E-state index >= 15 is 0 Å². The van der Waals surface area contributed by atoms with Gasteiger partial charge < -0.3 is 16.0 Å². The summed E-state index contributed by atoms with van der Waals surface area (Å²) in [5.74, 6) is -0.0857. The SMILES string of the molecule is Cc1cc(C(=O)N2CCCCC2CNC(=O)CCN)c2cnn(C(C)C)c2n1. The molecule has 3 N–H and O–H groups in total. The van der Waals surface area contributed by atoms with Gasteiger partial charge in [-0.3, -0.25) is 9.59 Å². The van der Waals surface area contributed by atoms with Crippen LogP contribution in [0, 0.1) is 6.92 Å². The molecule has 3 heterocycles. The number of carbonyl (C=O) groups excluding carboxylic acids is 2. The van der Waals surface area contributed by atoms with Crippen LogP contribution >= 0.6 is 0 Å². The number of nitrogens with two attached hydrogens (primary N) is 1. The average molecular weight is 387 g/mol. The van der Waals surface area contributed by atoms with Gasteiger partial charge in [-0.15, -0.1) is 0 Å². The molecule has 0 radical (unpaired) electrons. The van der Waals surface area contributed by atoms with E-state index in [1.165, 1.54) is 0 Å². The number of fused-ring (bicyclic) bond motifs is 1. The van der Waals surface area contributed by atoms with E-state index in [-0.39, 0.29) is 23.9 Å². The molecule has 2 amide bonds. The minimum atomic E-state index is -0.0687. The number of rotatable bonds is 6. The van der Waals surface area contributed by atoms with E-state index in [1.807, 2.05) is 36.4 Å². The van der Waals surface area contributed by atoms with Crippen LogP contribution in [-0.2, 0) is 4.79 Å². The lowest BCUT2D eigenvalue weighted by atomic mass is 10.00. The highest BCUT2D eigenvalue weighted by molar-refractivity contribution is 6.05. The number of pyridine rings is 1. The standard InChI is InChI=1S/C20H30N6O2/c1-13(2)26-19-17(12-23-26)16(10-14(3)24-19)20(28)25-9-5-4-6-15(25)11-22-18(27)7-8-21/h10,12-13,15H,4-9,11,21H2,1-3H3,(H,22,27). The van der Waals surface area contributed by atoms with Crippen molar-refractivity contribution in [3.8, 4) is 0 Å². The average Bonchev–Trinajstić information content (AvgIpc) is 3.09. The summed E-state index contributed by atoms with van der Waals surface area (Å²) in [6.45, 7) is 7.47. The number of nitrogens with zero attached hydrogens (tertiary/aromatic N) is 4. The zero-order chi connectivity index (χ0) is 20.3. The third-order valence-electron chi connectivity index (χ3n) is 5.21. The van der Waals surface area contributed by atoms with Gasteiger partial charge in [-0.25, -0.2) is 9.67 Å². The van der Waals surface area contributed by atoms with Gasteiger partial charge in [-0.2, -0.15) is 5.10 Å². The van der Waals surface area contributed by atoms with Gasteiger partial charge in [0.05, 0.1) is 17.1 Å². The Morgan fingerprint density at radius 2 is 2.14 bits per heavy atom. The Kier molecular flexibility index (Phi) is 6.28. The molecule has 0 aromatic carbocycles. The van der Waals surface area contributed by atoms with Gasteiger partial charge in [0, 0.05) is 43.8 Å². The Morgan fingerprint density at radius 3 is 2.86 bits per heavy atom. The first-order valence-electron chi connectivity index (χ1n) is 10.0. The molecule has 2 aromatic heterocycles. The van der Waals surface area contributed by atoms with Crippen LogP contribution in [0.4, 0.5) is 0 Å². The van der Waals surface area contributed by atoms with Crippen molar-refractivity contribution in [3.05, 3.63) is 23.5 Å². The maximum absolute atomic E-state index is 13.5. The Bertz CT molecular complexity index is 860. The lowest BCUT2D eigenvalue weighted by Crippen LogP contribution is -2.49. The van der Waals surface area contributed by atoms with E-state index in [1.54, 1.807) is 6.20 Å². The predicted molar refractivity (Wildman–Crippen MR) is 108 cm³/mol. The summed E-state index contributed by atoms with van der Waals surface area (Å²) in [6.07, 6.45) is 4.94. The van der Waals surface area contributed by atoms with Gasteiger partial charge in [0.25, 0.3) is 5.91 Å². The topological polar surface area (TPSA) is 106 Å². The van der Waals surface area contributed by atoms with Gasteiger partial charge >= 0.3 is 0 Å². The minimum absolute atomic E-state index is 0.00774. The number of carbonyl (C=O) groups is 2. The van der Waals surface area contributed by atoms with E-state index in [0.29, 0.717) is 31.6 Å². The number of aryl methyl sites for hydroxylation is 1. The third kappa shape index (κ3) is 4.16. The van der Waals surface area contributed by atoms with Crippen molar-refractivity contribution in [2.75, 3.05) is 19.6 Å². The first-order chi connectivity index (χ1) is 13.4. The Labute approximate surface area is 165 Å². The smallest absolute Gasteiger partial charge is 0.255 e. The van der Waals surface area contributed by atoms with Crippen LogP contribution in [0.25, 0.3) is 11.0 Å². The van der Waals surface area contributed by atoms with Gasteiger partial charge in [-0.05, 0) is 46.1 Å². The first-order valence-corrected chi connectivity index (χ1v) is 10.0. The molecule has 3 rings (SSSR count). The van der Waals surface area contributed by atoms with Crippen molar-refractivity contribution < 1.29 is 9.59 Å². The predicted octanol–water partition coefficient (Wildman–Crippen LogP) is 1.78. The molecule has 152 valence electrons. The maximum atomic E-state index is 13.5. The summed E-state index contributed by atoms with van der Waals surface area (Å²) in [4.78, 5) is 31.8. The molecule has 0 spiro atoms. The van der Waals surface area contributed by atoms with Crippen molar-refractivity contribution in [2.24, 2.45) is 5.73 Å². The summed E-state index contributed by atoms with van der Waals surface area (Å²) in [5.41, 5.74) is 7.61. The van der Waals surface area contributed by atoms with Gasteiger partial charge in [0.1, 0.15) is 0 Å². The fourth-order valence-electron chi connectivity index (χ4n) is 3.78. The van der Waals surface area contributed by atoms with Crippen molar-refractivity contribution in [3.63, 3.8) is 0 Å². The summed E-state index contributed by atoms with van der Waals surface area (Å²) in [5, 5.41) is 8.13.